The second-order valence-corrected chi connectivity index (χ2v) is 6.00. The summed E-state index contributed by atoms with van der Waals surface area (Å²) < 4.78 is 20.4. The Labute approximate surface area is 147 Å². The lowest BCUT2D eigenvalue weighted by Gasteiger charge is -2.43. The van der Waals surface area contributed by atoms with Gasteiger partial charge in [-0.3, -0.25) is 0 Å². The van der Waals surface area contributed by atoms with E-state index in [0.717, 1.165) is 0 Å². The highest BCUT2D eigenvalue weighted by atomic mass is 16.8. The third-order valence-electron chi connectivity index (χ3n) is 4.31. The lowest BCUT2D eigenvalue weighted by Crippen LogP contribution is -2.63. The highest BCUT2D eigenvalue weighted by molar-refractivity contribution is 6.32. The Kier molecular flexibility index (Phi) is 7.31. The molecule has 26 heavy (non-hydrogen) atoms. The molecule has 2 saturated heterocycles. The summed E-state index contributed by atoms with van der Waals surface area (Å²) in [4.78, 5) is 0. The van der Waals surface area contributed by atoms with Gasteiger partial charge in [-0.15, -0.1) is 0 Å². The molecule has 2 rings (SSSR count). The monoisotopic (exact) mass is 386 g/mol. The highest BCUT2D eigenvalue weighted by Crippen LogP contribution is 2.37. The zero-order valence-corrected chi connectivity index (χ0v) is 13.5. The molecule has 0 aliphatic carbocycles. The molecule has 0 aromatic carbocycles. The van der Waals surface area contributed by atoms with E-state index in [1.165, 1.54) is 0 Å². The molecule has 2 heterocycles. The van der Waals surface area contributed by atoms with Crippen molar-refractivity contribution in [1.29, 1.82) is 0 Å². The lowest BCUT2D eigenvalue weighted by atomic mass is 9.98. The minimum Gasteiger partial charge on any atom is -0.402 e. The summed E-state index contributed by atoms with van der Waals surface area (Å²) in [6, 6.07) is 0. The van der Waals surface area contributed by atoms with Crippen LogP contribution < -0.4 is 0 Å². The van der Waals surface area contributed by atoms with Gasteiger partial charge in [0.05, 0.1) is 13.2 Å². The quantitative estimate of drug-likeness (QED) is 0.186. The van der Waals surface area contributed by atoms with E-state index in [1.54, 1.807) is 0 Å². The minimum atomic E-state index is -2.40. The van der Waals surface area contributed by atoms with Crippen LogP contribution in [0.25, 0.3) is 0 Å². The van der Waals surface area contributed by atoms with E-state index in [1.807, 2.05) is 0 Å². The predicted molar refractivity (Wildman–Crippen MR) is 77.7 cm³/mol. The molecule has 0 unspecified atom stereocenters. The number of hydrogen-bond acceptors (Lipinski definition) is 13. The average molecular weight is 386 g/mol. The maximum atomic E-state index is 10.1. The second kappa shape index (κ2) is 8.70. The van der Waals surface area contributed by atoms with Crippen LogP contribution in [-0.2, 0) is 18.9 Å². The Morgan fingerprint density at radius 3 is 1.96 bits per heavy atom. The topological polar surface area (TPSA) is 219 Å². The van der Waals surface area contributed by atoms with Crippen LogP contribution in [0.4, 0.5) is 0 Å². The Hall–Kier alpha value is -0.455. The van der Waals surface area contributed by atoms with E-state index in [2.05, 4.69) is 4.65 Å². The van der Waals surface area contributed by atoms with E-state index >= 15 is 0 Å². The van der Waals surface area contributed by atoms with Gasteiger partial charge >= 0.3 is 7.32 Å². The Balaban J connectivity index is 2.26. The second-order valence-electron chi connectivity index (χ2n) is 6.00. The first-order valence-corrected chi connectivity index (χ1v) is 7.78. The number of aliphatic hydroxyl groups excluding tert-OH is 7. The molecule has 13 nitrogen and oxygen atoms in total. The molecule has 0 spiro atoms. The first-order chi connectivity index (χ1) is 12.2. The molecule has 9 N–H and O–H groups in total. The van der Waals surface area contributed by atoms with Crippen molar-refractivity contribution in [1.82, 2.24) is 0 Å². The van der Waals surface area contributed by atoms with Crippen LogP contribution in [-0.4, -0.2) is 128 Å². The zero-order chi connectivity index (χ0) is 19.6. The third kappa shape index (κ3) is 4.02. The number of aliphatic hydroxyl groups is 7. The normalized spacial score (nSPS) is 46.5. The van der Waals surface area contributed by atoms with Crippen molar-refractivity contribution in [3.05, 3.63) is 0 Å². The van der Waals surface area contributed by atoms with Crippen molar-refractivity contribution < 1.29 is 64.7 Å². The summed E-state index contributed by atoms with van der Waals surface area (Å²) >= 11 is 0. The van der Waals surface area contributed by atoms with Crippen molar-refractivity contribution >= 4 is 7.32 Å². The largest absolute Gasteiger partial charge is 0.634 e. The first kappa shape index (κ1) is 21.8. The Bertz CT molecular complexity index is 453. The molecule has 152 valence electrons. The fourth-order valence-corrected chi connectivity index (χ4v) is 2.93. The SMILES string of the molecule is OC[C@H]1O[C@@](CO)(O[C@H]2O[C@H](CO)[C@@H](O)[C@H](O)[C@H]2O)[C@@H](OB(O)O)[C@@H]1O. The summed E-state index contributed by atoms with van der Waals surface area (Å²) in [5.74, 6) is -2.33. The van der Waals surface area contributed by atoms with Gasteiger partial charge in [-0.2, -0.15) is 0 Å². The van der Waals surface area contributed by atoms with Crippen LogP contribution in [0, 0.1) is 0 Å². The summed E-state index contributed by atoms with van der Waals surface area (Å²) in [5, 5.41) is 85.8. The molecule has 14 heteroatoms. The smallest absolute Gasteiger partial charge is 0.402 e. The number of hydrogen-bond donors (Lipinski definition) is 9. The van der Waals surface area contributed by atoms with Crippen molar-refractivity contribution in [3.63, 3.8) is 0 Å². The average Bonchev–Trinajstić information content (AvgIpc) is 2.87. The predicted octanol–water partition coefficient (Wildman–Crippen LogP) is -6.40. The van der Waals surface area contributed by atoms with E-state index in [4.69, 9.17) is 24.3 Å². The Morgan fingerprint density at radius 2 is 1.46 bits per heavy atom. The van der Waals surface area contributed by atoms with Gasteiger partial charge in [0.1, 0.15) is 49.3 Å². The van der Waals surface area contributed by atoms with Gasteiger partial charge in [-0.05, 0) is 0 Å². The molecule has 0 aromatic rings. The Morgan fingerprint density at radius 1 is 0.846 bits per heavy atom. The fraction of sp³-hybridized carbons (Fsp3) is 1.00. The van der Waals surface area contributed by atoms with Crippen molar-refractivity contribution in [2.24, 2.45) is 0 Å². The third-order valence-corrected chi connectivity index (χ3v) is 4.31. The molecule has 2 aliphatic heterocycles. The molecule has 0 radical (unpaired) electrons. The van der Waals surface area contributed by atoms with Gasteiger partial charge in [0.15, 0.2) is 6.29 Å². The van der Waals surface area contributed by atoms with Gasteiger partial charge in [0.25, 0.3) is 0 Å². The molecule has 0 aromatic heterocycles. The van der Waals surface area contributed by atoms with Gasteiger partial charge < -0.3 is 64.7 Å². The van der Waals surface area contributed by atoms with Crippen molar-refractivity contribution in [3.8, 4) is 0 Å². The van der Waals surface area contributed by atoms with Crippen LogP contribution in [0.15, 0.2) is 0 Å². The highest BCUT2D eigenvalue weighted by Gasteiger charge is 2.60. The molecule has 2 fully saturated rings. The van der Waals surface area contributed by atoms with Gasteiger partial charge in [-0.1, -0.05) is 0 Å². The van der Waals surface area contributed by atoms with Crippen LogP contribution in [0.2, 0.25) is 0 Å². The summed E-state index contributed by atoms with van der Waals surface area (Å²) in [6.45, 7) is -2.54. The standard InChI is InChI=1S/C12H23BO13/c14-1-4-6(17)8(19)9(20)11(23-4)25-12(3-16)10(26-13(21)22)7(18)5(2-15)24-12/h4-11,14-22H,1-3H2/t4-,5-,6-,7-,8+,9-,10+,11-,12+/m1/s1. The lowest BCUT2D eigenvalue weighted by molar-refractivity contribution is -0.383. The number of ether oxygens (including phenoxy) is 3. The molecule has 0 amide bonds. The molecule has 0 bridgehead atoms. The van der Waals surface area contributed by atoms with E-state index in [9.17, 15) is 35.7 Å². The maximum absolute atomic E-state index is 10.1. The first-order valence-electron chi connectivity index (χ1n) is 7.78. The molecular weight excluding hydrogens is 363 g/mol. The van der Waals surface area contributed by atoms with Gasteiger partial charge in [-0.25, -0.2) is 0 Å². The van der Waals surface area contributed by atoms with Gasteiger partial charge in [0.2, 0.25) is 5.79 Å². The molecule has 2 aliphatic rings. The zero-order valence-electron chi connectivity index (χ0n) is 13.5. The summed E-state index contributed by atoms with van der Waals surface area (Å²) in [7, 11) is -2.40. The summed E-state index contributed by atoms with van der Waals surface area (Å²) in [5.41, 5.74) is 0. The molecule has 0 saturated carbocycles. The van der Waals surface area contributed by atoms with Gasteiger partial charge in [0, 0.05) is 0 Å². The van der Waals surface area contributed by atoms with E-state index < -0.39 is 81.9 Å². The van der Waals surface area contributed by atoms with Crippen molar-refractivity contribution in [2.75, 3.05) is 19.8 Å². The van der Waals surface area contributed by atoms with Crippen LogP contribution in [0.3, 0.4) is 0 Å². The van der Waals surface area contributed by atoms with Crippen molar-refractivity contribution in [2.45, 2.75) is 54.8 Å². The minimum absolute atomic E-state index is 0.741. The fourth-order valence-electron chi connectivity index (χ4n) is 2.93. The maximum Gasteiger partial charge on any atom is 0.634 e. The van der Waals surface area contributed by atoms with Crippen LogP contribution >= 0.6 is 0 Å². The molecule has 9 atom stereocenters. The molecular formula is C12H23BO13. The van der Waals surface area contributed by atoms with E-state index in [0.29, 0.717) is 0 Å². The van der Waals surface area contributed by atoms with Crippen LogP contribution in [0.1, 0.15) is 0 Å². The van der Waals surface area contributed by atoms with E-state index in [-0.39, 0.29) is 0 Å². The van der Waals surface area contributed by atoms with Crippen LogP contribution in [0.5, 0.6) is 0 Å². The summed E-state index contributed by atoms with van der Waals surface area (Å²) in [6.07, 6.45) is -13.2. The number of rotatable bonds is 7.